The van der Waals surface area contributed by atoms with Crippen LogP contribution in [0.3, 0.4) is 0 Å². The van der Waals surface area contributed by atoms with Gasteiger partial charge < -0.3 is 5.32 Å². The molecule has 0 radical (unpaired) electrons. The van der Waals surface area contributed by atoms with Gasteiger partial charge in [-0.05, 0) is 23.7 Å². The topological polar surface area (TPSA) is 76.5 Å². The molecule has 0 aliphatic heterocycles. The van der Waals surface area contributed by atoms with E-state index < -0.39 is 0 Å². The highest BCUT2D eigenvalue weighted by molar-refractivity contribution is 6.28. The molecule has 0 amide bonds. The molecule has 0 saturated carbocycles. The molecule has 3 aromatic heterocycles. The number of nitrogens with one attached hydrogen (secondary N) is 1. The van der Waals surface area contributed by atoms with Crippen molar-refractivity contribution in [1.29, 1.82) is 0 Å². The van der Waals surface area contributed by atoms with Crippen molar-refractivity contribution in [2.24, 2.45) is 0 Å². The van der Waals surface area contributed by atoms with Crippen LogP contribution in [0.15, 0.2) is 36.8 Å². The number of fused-ring (bicyclic) bond motifs is 1. The fraction of sp³-hybridized carbons (Fsp3) is 0.0833. The highest BCUT2D eigenvalue weighted by Gasteiger charge is 2.08. The largest absolute Gasteiger partial charge is 0.362 e. The van der Waals surface area contributed by atoms with Gasteiger partial charge in [-0.1, -0.05) is 6.07 Å². The molecule has 19 heavy (non-hydrogen) atoms. The molecule has 3 aromatic rings. The predicted molar refractivity (Wildman–Crippen MR) is 71.7 cm³/mol. The lowest BCUT2D eigenvalue weighted by molar-refractivity contribution is 1.02. The average molecular weight is 273 g/mol. The third kappa shape index (κ3) is 2.58. The molecule has 0 unspecified atom stereocenters. The Balaban J connectivity index is 1.92. The maximum Gasteiger partial charge on any atom is 0.226 e. The van der Waals surface area contributed by atoms with Crippen LogP contribution in [0, 0.1) is 0 Å². The zero-order valence-electron chi connectivity index (χ0n) is 9.79. The maximum absolute atomic E-state index is 5.86. The van der Waals surface area contributed by atoms with E-state index >= 15 is 0 Å². The van der Waals surface area contributed by atoms with Crippen LogP contribution in [0.25, 0.3) is 11.2 Å². The molecule has 0 aromatic carbocycles. The van der Waals surface area contributed by atoms with Gasteiger partial charge in [-0.15, -0.1) is 0 Å². The first-order valence-corrected chi connectivity index (χ1v) is 5.99. The summed E-state index contributed by atoms with van der Waals surface area (Å²) in [5.41, 5.74) is 1.95. The third-order valence-electron chi connectivity index (χ3n) is 2.47. The second kappa shape index (κ2) is 5.11. The van der Waals surface area contributed by atoms with E-state index in [1.165, 1.54) is 0 Å². The molecule has 0 bridgehead atoms. The Kier molecular flexibility index (Phi) is 3.16. The molecular formula is C12H9ClN6. The minimum absolute atomic E-state index is 0.136. The number of nitrogens with zero attached hydrogens (tertiary/aromatic N) is 5. The molecule has 3 heterocycles. The third-order valence-corrected chi connectivity index (χ3v) is 2.64. The van der Waals surface area contributed by atoms with Gasteiger partial charge in [0.15, 0.2) is 17.0 Å². The predicted octanol–water partition coefficient (Wildman–Crippen LogP) is 2.08. The Hall–Kier alpha value is -2.34. The number of hydrogen-bond donors (Lipinski definition) is 1. The first-order valence-electron chi connectivity index (χ1n) is 5.61. The van der Waals surface area contributed by atoms with Gasteiger partial charge in [-0.3, -0.25) is 4.98 Å². The summed E-state index contributed by atoms with van der Waals surface area (Å²) in [6, 6.07) is 5.71. The number of hydrogen-bond acceptors (Lipinski definition) is 6. The van der Waals surface area contributed by atoms with E-state index in [4.69, 9.17) is 11.6 Å². The quantitative estimate of drug-likeness (QED) is 0.736. The molecule has 0 saturated heterocycles. The number of aromatic nitrogens is 5. The molecule has 3 rings (SSSR count). The minimum Gasteiger partial charge on any atom is -0.362 e. The average Bonchev–Trinajstić information content (AvgIpc) is 2.45. The molecular weight excluding hydrogens is 264 g/mol. The summed E-state index contributed by atoms with van der Waals surface area (Å²) in [6.07, 6.45) is 4.89. The molecule has 0 atom stereocenters. The van der Waals surface area contributed by atoms with E-state index in [-0.39, 0.29) is 5.28 Å². The Labute approximate surface area is 113 Å². The normalized spacial score (nSPS) is 10.6. The Morgan fingerprint density at radius 1 is 1.00 bits per heavy atom. The van der Waals surface area contributed by atoms with Crippen molar-refractivity contribution in [3.05, 3.63) is 47.8 Å². The Morgan fingerprint density at radius 2 is 1.89 bits per heavy atom. The van der Waals surface area contributed by atoms with Crippen molar-refractivity contribution < 1.29 is 0 Å². The molecule has 1 N–H and O–H groups in total. The van der Waals surface area contributed by atoms with Gasteiger partial charge in [0.2, 0.25) is 5.28 Å². The lowest BCUT2D eigenvalue weighted by Crippen LogP contribution is -2.05. The summed E-state index contributed by atoms with van der Waals surface area (Å²) in [5.74, 6) is 0.550. The standard InChI is InChI=1S/C12H9ClN6/c13-12-18-10-9(15-5-6-16-10)11(19-12)17-7-8-3-1-2-4-14-8/h1-6H,7H2,(H,16,17,18,19). The van der Waals surface area contributed by atoms with E-state index in [2.05, 4.69) is 30.2 Å². The van der Waals surface area contributed by atoms with Gasteiger partial charge in [0.1, 0.15) is 0 Å². The number of rotatable bonds is 3. The zero-order chi connectivity index (χ0) is 13.1. The van der Waals surface area contributed by atoms with Gasteiger partial charge in [0.25, 0.3) is 0 Å². The number of halogens is 1. The van der Waals surface area contributed by atoms with Crippen LogP contribution >= 0.6 is 11.6 Å². The van der Waals surface area contributed by atoms with Crippen LogP contribution in [-0.4, -0.2) is 24.9 Å². The van der Waals surface area contributed by atoms with Crippen molar-refractivity contribution in [2.75, 3.05) is 5.32 Å². The smallest absolute Gasteiger partial charge is 0.226 e. The highest BCUT2D eigenvalue weighted by Crippen LogP contribution is 2.18. The van der Waals surface area contributed by atoms with Crippen LogP contribution in [-0.2, 0) is 6.54 Å². The van der Waals surface area contributed by atoms with Crippen LogP contribution in [0.4, 0.5) is 5.82 Å². The molecule has 94 valence electrons. The van der Waals surface area contributed by atoms with E-state index in [9.17, 15) is 0 Å². The van der Waals surface area contributed by atoms with E-state index in [0.717, 1.165) is 5.69 Å². The van der Waals surface area contributed by atoms with Crippen molar-refractivity contribution >= 4 is 28.6 Å². The number of anilines is 1. The van der Waals surface area contributed by atoms with Gasteiger partial charge in [0, 0.05) is 18.6 Å². The van der Waals surface area contributed by atoms with Crippen molar-refractivity contribution in [2.45, 2.75) is 6.54 Å². The highest BCUT2D eigenvalue weighted by atomic mass is 35.5. The second-order valence-corrected chi connectivity index (χ2v) is 4.08. The molecule has 0 fully saturated rings. The fourth-order valence-corrected chi connectivity index (χ4v) is 1.80. The monoisotopic (exact) mass is 272 g/mol. The Morgan fingerprint density at radius 3 is 2.74 bits per heavy atom. The van der Waals surface area contributed by atoms with Crippen LogP contribution in [0.5, 0.6) is 0 Å². The zero-order valence-corrected chi connectivity index (χ0v) is 10.5. The van der Waals surface area contributed by atoms with Crippen LogP contribution < -0.4 is 5.32 Å². The summed E-state index contributed by atoms with van der Waals surface area (Å²) in [4.78, 5) is 20.7. The van der Waals surface area contributed by atoms with Gasteiger partial charge in [-0.25, -0.2) is 9.97 Å². The van der Waals surface area contributed by atoms with Gasteiger partial charge in [0.05, 0.1) is 12.2 Å². The first kappa shape index (κ1) is 11.7. The molecule has 7 heteroatoms. The second-order valence-electron chi connectivity index (χ2n) is 3.74. The Bertz CT molecular complexity index is 703. The SMILES string of the molecule is Clc1nc(NCc2ccccn2)c2nccnc2n1. The first-order chi connectivity index (χ1) is 9.33. The minimum atomic E-state index is 0.136. The molecule has 6 nitrogen and oxygen atoms in total. The van der Waals surface area contributed by atoms with Crippen LogP contribution in [0.1, 0.15) is 5.69 Å². The van der Waals surface area contributed by atoms with Crippen LogP contribution in [0.2, 0.25) is 5.28 Å². The van der Waals surface area contributed by atoms with E-state index in [1.807, 2.05) is 18.2 Å². The lowest BCUT2D eigenvalue weighted by Gasteiger charge is -2.07. The lowest BCUT2D eigenvalue weighted by atomic mass is 10.3. The maximum atomic E-state index is 5.86. The van der Waals surface area contributed by atoms with Crippen molar-refractivity contribution in [3.63, 3.8) is 0 Å². The summed E-state index contributed by atoms with van der Waals surface area (Å²) < 4.78 is 0. The molecule has 0 spiro atoms. The van der Waals surface area contributed by atoms with Crippen molar-refractivity contribution in [1.82, 2.24) is 24.9 Å². The summed E-state index contributed by atoms with van der Waals surface area (Å²) in [6.45, 7) is 0.528. The molecule has 0 aliphatic carbocycles. The van der Waals surface area contributed by atoms with Gasteiger partial charge in [-0.2, -0.15) is 9.97 Å². The molecule has 0 aliphatic rings. The van der Waals surface area contributed by atoms with Gasteiger partial charge >= 0.3 is 0 Å². The summed E-state index contributed by atoms with van der Waals surface area (Å²) >= 11 is 5.86. The fourth-order valence-electron chi connectivity index (χ4n) is 1.64. The summed E-state index contributed by atoms with van der Waals surface area (Å²) in [5, 5.41) is 3.28. The van der Waals surface area contributed by atoms with Crippen molar-refractivity contribution in [3.8, 4) is 0 Å². The van der Waals surface area contributed by atoms with E-state index in [0.29, 0.717) is 23.5 Å². The summed E-state index contributed by atoms with van der Waals surface area (Å²) in [7, 11) is 0. The van der Waals surface area contributed by atoms with E-state index in [1.54, 1.807) is 18.6 Å². The number of pyridine rings is 1.